The summed E-state index contributed by atoms with van der Waals surface area (Å²) in [6.45, 7) is 8.19. The van der Waals surface area contributed by atoms with Crippen molar-refractivity contribution in [3.05, 3.63) is 53.1 Å². The van der Waals surface area contributed by atoms with Crippen molar-refractivity contribution in [3.63, 3.8) is 0 Å². The van der Waals surface area contributed by atoms with Gasteiger partial charge in [0.25, 0.3) is 10.0 Å². The lowest BCUT2D eigenvalue weighted by atomic mass is 10.1. The molecule has 7 nitrogen and oxygen atoms in total. The van der Waals surface area contributed by atoms with Gasteiger partial charge in [0.2, 0.25) is 5.91 Å². The molecule has 1 amide bonds. The van der Waals surface area contributed by atoms with E-state index in [0.29, 0.717) is 18.8 Å². The number of benzene rings is 2. The zero-order valence-electron chi connectivity index (χ0n) is 18.9. The van der Waals surface area contributed by atoms with Crippen molar-refractivity contribution in [2.24, 2.45) is 0 Å². The predicted molar refractivity (Wildman–Crippen MR) is 122 cm³/mol. The molecule has 31 heavy (non-hydrogen) atoms. The van der Waals surface area contributed by atoms with Gasteiger partial charge in [0.1, 0.15) is 17.2 Å². The third kappa shape index (κ3) is 5.02. The zero-order chi connectivity index (χ0) is 22.8. The first-order valence-electron chi connectivity index (χ1n) is 10.3. The SMILES string of the molecule is COc1ccc(C)cc1S(=O)(=O)N(CC(=O)N1CCN(C)CC1)c1ccc(C)c(C)c1. The largest absolute Gasteiger partial charge is 0.495 e. The van der Waals surface area contributed by atoms with Crippen LogP contribution in [-0.2, 0) is 14.8 Å². The summed E-state index contributed by atoms with van der Waals surface area (Å²) in [5, 5.41) is 0. The van der Waals surface area contributed by atoms with E-state index in [9.17, 15) is 13.2 Å². The number of hydrogen-bond donors (Lipinski definition) is 0. The monoisotopic (exact) mass is 445 g/mol. The third-order valence-electron chi connectivity index (χ3n) is 5.80. The molecule has 1 saturated heterocycles. The van der Waals surface area contributed by atoms with Crippen molar-refractivity contribution in [2.75, 3.05) is 51.2 Å². The molecule has 8 heteroatoms. The van der Waals surface area contributed by atoms with E-state index in [1.807, 2.05) is 40.0 Å². The van der Waals surface area contributed by atoms with Crippen LogP contribution in [-0.4, -0.2) is 71.0 Å². The number of amides is 1. The average Bonchev–Trinajstić information content (AvgIpc) is 2.74. The maximum atomic E-state index is 13.8. The summed E-state index contributed by atoms with van der Waals surface area (Å²) >= 11 is 0. The van der Waals surface area contributed by atoms with Crippen molar-refractivity contribution in [2.45, 2.75) is 25.7 Å². The smallest absolute Gasteiger partial charge is 0.268 e. The van der Waals surface area contributed by atoms with Gasteiger partial charge < -0.3 is 14.5 Å². The van der Waals surface area contributed by atoms with Gasteiger partial charge >= 0.3 is 0 Å². The maximum Gasteiger partial charge on any atom is 0.268 e. The number of hydrogen-bond acceptors (Lipinski definition) is 5. The maximum absolute atomic E-state index is 13.8. The molecule has 168 valence electrons. The normalized spacial score (nSPS) is 15.1. The Labute approximate surface area is 185 Å². The van der Waals surface area contributed by atoms with Gasteiger partial charge in [-0.3, -0.25) is 9.10 Å². The molecule has 0 aliphatic carbocycles. The lowest BCUT2D eigenvalue weighted by Crippen LogP contribution is -2.50. The molecule has 0 saturated carbocycles. The number of ether oxygens (including phenoxy) is 1. The van der Waals surface area contributed by atoms with Gasteiger partial charge in [0, 0.05) is 26.2 Å². The third-order valence-corrected chi connectivity index (χ3v) is 7.60. The van der Waals surface area contributed by atoms with E-state index < -0.39 is 10.0 Å². The van der Waals surface area contributed by atoms with E-state index in [1.54, 1.807) is 29.2 Å². The number of aryl methyl sites for hydroxylation is 3. The summed E-state index contributed by atoms with van der Waals surface area (Å²) in [5.74, 6) is 0.0491. The first-order valence-corrected chi connectivity index (χ1v) is 11.8. The number of rotatable bonds is 6. The van der Waals surface area contributed by atoms with Gasteiger partial charge in [-0.2, -0.15) is 0 Å². The zero-order valence-corrected chi connectivity index (χ0v) is 19.7. The van der Waals surface area contributed by atoms with Crippen molar-refractivity contribution < 1.29 is 17.9 Å². The van der Waals surface area contributed by atoms with E-state index in [1.165, 1.54) is 11.4 Å². The van der Waals surface area contributed by atoms with Crippen LogP contribution in [0, 0.1) is 20.8 Å². The summed E-state index contributed by atoms with van der Waals surface area (Å²) < 4.78 is 34.1. The molecular weight excluding hydrogens is 414 g/mol. The quantitative estimate of drug-likeness (QED) is 0.684. The van der Waals surface area contributed by atoms with E-state index in [0.717, 1.165) is 29.8 Å². The molecule has 1 fully saturated rings. The van der Waals surface area contributed by atoms with Crippen LogP contribution >= 0.6 is 0 Å². The summed E-state index contributed by atoms with van der Waals surface area (Å²) in [6, 6.07) is 10.5. The molecule has 2 aromatic rings. The fourth-order valence-corrected chi connectivity index (χ4v) is 5.23. The first kappa shape index (κ1) is 23.1. The number of likely N-dealkylation sites (N-methyl/N-ethyl adjacent to an activating group) is 1. The highest BCUT2D eigenvalue weighted by atomic mass is 32.2. The van der Waals surface area contributed by atoms with Crippen LogP contribution in [0.3, 0.4) is 0 Å². The van der Waals surface area contributed by atoms with Crippen molar-refractivity contribution in [1.29, 1.82) is 0 Å². The molecule has 2 aromatic carbocycles. The standard InChI is InChI=1S/C23H31N3O4S/c1-17-6-9-21(30-5)22(14-17)31(28,29)26(20-8-7-18(2)19(3)15-20)16-23(27)25-12-10-24(4)11-13-25/h6-9,14-15H,10-13,16H2,1-5H3. The molecule has 0 unspecified atom stereocenters. The predicted octanol–water partition coefficient (Wildman–Crippen LogP) is 2.59. The Morgan fingerprint density at radius 3 is 2.29 bits per heavy atom. The second kappa shape index (κ2) is 9.28. The molecule has 0 aromatic heterocycles. The van der Waals surface area contributed by atoms with Crippen LogP contribution in [0.15, 0.2) is 41.3 Å². The van der Waals surface area contributed by atoms with Crippen molar-refractivity contribution >= 4 is 21.6 Å². The molecule has 1 aliphatic rings. The molecule has 0 N–H and O–H groups in total. The Balaban J connectivity index is 2.04. The minimum absolute atomic E-state index is 0.0550. The van der Waals surface area contributed by atoms with Crippen LogP contribution < -0.4 is 9.04 Å². The first-order chi connectivity index (χ1) is 14.6. The van der Waals surface area contributed by atoms with E-state index in [-0.39, 0.29) is 23.1 Å². The molecule has 3 rings (SSSR count). The highest BCUT2D eigenvalue weighted by molar-refractivity contribution is 7.93. The van der Waals surface area contributed by atoms with E-state index >= 15 is 0 Å². The van der Waals surface area contributed by atoms with Crippen molar-refractivity contribution in [3.8, 4) is 5.75 Å². The van der Waals surface area contributed by atoms with Gasteiger partial charge in [0.15, 0.2) is 0 Å². The number of methoxy groups -OCH3 is 1. The number of anilines is 1. The van der Waals surface area contributed by atoms with Crippen molar-refractivity contribution in [1.82, 2.24) is 9.80 Å². The van der Waals surface area contributed by atoms with Crippen LogP contribution in [0.5, 0.6) is 5.75 Å². The van der Waals surface area contributed by atoms with Gasteiger partial charge in [-0.25, -0.2) is 8.42 Å². The molecular formula is C23H31N3O4S. The van der Waals surface area contributed by atoms with Crippen LogP contribution in [0.4, 0.5) is 5.69 Å². The Bertz CT molecular complexity index is 1060. The second-order valence-corrected chi connectivity index (χ2v) is 9.95. The number of sulfonamides is 1. The van der Waals surface area contributed by atoms with Crippen LogP contribution in [0.25, 0.3) is 0 Å². The summed E-state index contributed by atoms with van der Waals surface area (Å²) in [6.07, 6.45) is 0. The van der Waals surface area contributed by atoms with Gasteiger partial charge in [-0.05, 0) is 68.8 Å². The van der Waals surface area contributed by atoms with Crippen LogP contribution in [0.1, 0.15) is 16.7 Å². The minimum atomic E-state index is -4.04. The lowest BCUT2D eigenvalue weighted by Gasteiger charge is -2.34. The fraction of sp³-hybridized carbons (Fsp3) is 0.435. The Hall–Kier alpha value is -2.58. The Morgan fingerprint density at radius 2 is 1.68 bits per heavy atom. The highest BCUT2D eigenvalue weighted by Gasteiger charge is 2.32. The lowest BCUT2D eigenvalue weighted by molar-refractivity contribution is -0.131. The molecule has 0 atom stereocenters. The summed E-state index contributed by atoms with van der Waals surface area (Å²) in [7, 11) is -0.588. The second-order valence-electron chi connectivity index (χ2n) is 8.12. The average molecular weight is 446 g/mol. The van der Waals surface area contributed by atoms with Gasteiger partial charge in [0.05, 0.1) is 12.8 Å². The minimum Gasteiger partial charge on any atom is -0.495 e. The fourth-order valence-electron chi connectivity index (χ4n) is 3.58. The molecule has 0 bridgehead atoms. The van der Waals surface area contributed by atoms with E-state index in [2.05, 4.69) is 4.90 Å². The molecule has 0 spiro atoms. The van der Waals surface area contributed by atoms with Gasteiger partial charge in [-0.1, -0.05) is 12.1 Å². The highest BCUT2D eigenvalue weighted by Crippen LogP contribution is 2.31. The Kier molecular flexibility index (Phi) is 6.91. The summed E-state index contributed by atoms with van der Waals surface area (Å²) in [5.41, 5.74) is 3.28. The van der Waals surface area contributed by atoms with Crippen LogP contribution in [0.2, 0.25) is 0 Å². The Morgan fingerprint density at radius 1 is 1.00 bits per heavy atom. The number of piperazine rings is 1. The number of carbonyl (C=O) groups is 1. The topological polar surface area (TPSA) is 70.2 Å². The van der Waals surface area contributed by atoms with Gasteiger partial charge in [-0.15, -0.1) is 0 Å². The molecule has 1 aliphatic heterocycles. The summed E-state index contributed by atoms with van der Waals surface area (Å²) in [4.78, 5) is 17.1. The number of nitrogens with zero attached hydrogens (tertiary/aromatic N) is 3. The molecule has 0 radical (unpaired) electrons. The van der Waals surface area contributed by atoms with E-state index in [4.69, 9.17) is 4.74 Å². The molecule has 1 heterocycles. The number of carbonyl (C=O) groups excluding carboxylic acids is 1.